The number of carbonyl (C=O) groups is 1. The molecule has 1 saturated heterocycles. The summed E-state index contributed by atoms with van der Waals surface area (Å²) in [6.07, 6.45) is 2.91. The zero-order chi connectivity index (χ0) is 20.3. The topological polar surface area (TPSA) is 79.4 Å². The summed E-state index contributed by atoms with van der Waals surface area (Å²) in [6, 6.07) is 9.23. The molecule has 1 amide bonds. The maximum Gasteiger partial charge on any atom is 0.341 e. The summed E-state index contributed by atoms with van der Waals surface area (Å²) in [6.45, 7) is 2.62. The van der Waals surface area contributed by atoms with Gasteiger partial charge in [-0.3, -0.25) is 4.79 Å². The molecule has 150 valence electrons. The highest BCUT2D eigenvalue weighted by atomic mass is 32.2. The number of aryl methyl sites for hydroxylation is 1. The third-order valence-electron chi connectivity index (χ3n) is 4.70. The second-order valence-corrected chi connectivity index (χ2v) is 8.65. The number of pyridine rings is 1. The molecular formula is C19H21F2N3O3S. The van der Waals surface area contributed by atoms with Crippen LogP contribution in [0.15, 0.2) is 47.5 Å². The van der Waals surface area contributed by atoms with Crippen LogP contribution in [0.4, 0.5) is 20.3 Å². The van der Waals surface area contributed by atoms with E-state index in [0.717, 1.165) is 5.56 Å². The molecule has 1 aromatic heterocycles. The van der Waals surface area contributed by atoms with E-state index in [1.165, 1.54) is 18.2 Å². The average molecular weight is 409 g/mol. The lowest BCUT2D eigenvalue weighted by Crippen LogP contribution is -2.41. The second-order valence-electron chi connectivity index (χ2n) is 6.77. The molecule has 28 heavy (non-hydrogen) atoms. The van der Waals surface area contributed by atoms with Crippen molar-refractivity contribution in [1.29, 1.82) is 0 Å². The maximum absolute atomic E-state index is 13.0. The number of halogens is 2. The van der Waals surface area contributed by atoms with Gasteiger partial charge in [0.2, 0.25) is 15.7 Å². The molecule has 1 unspecified atom stereocenters. The number of hydrogen-bond donors (Lipinski definition) is 1. The molecule has 1 atom stereocenters. The van der Waals surface area contributed by atoms with E-state index in [0.29, 0.717) is 25.2 Å². The van der Waals surface area contributed by atoms with Gasteiger partial charge in [-0.2, -0.15) is 8.78 Å². The van der Waals surface area contributed by atoms with Gasteiger partial charge >= 0.3 is 5.76 Å². The molecular weight excluding hydrogens is 388 g/mol. The summed E-state index contributed by atoms with van der Waals surface area (Å²) in [5.41, 5.74) is 1.17. The first kappa shape index (κ1) is 20.2. The van der Waals surface area contributed by atoms with Crippen molar-refractivity contribution in [1.82, 2.24) is 4.98 Å². The molecule has 0 spiro atoms. The van der Waals surface area contributed by atoms with Crippen molar-refractivity contribution in [2.45, 2.75) is 30.4 Å². The van der Waals surface area contributed by atoms with E-state index in [1.54, 1.807) is 23.2 Å². The summed E-state index contributed by atoms with van der Waals surface area (Å²) in [4.78, 5) is 18.0. The van der Waals surface area contributed by atoms with Crippen LogP contribution >= 0.6 is 0 Å². The fourth-order valence-electron chi connectivity index (χ4n) is 3.23. The minimum Gasteiger partial charge on any atom is -0.370 e. The number of carbonyl (C=O) groups excluding carboxylic acids is 1. The normalized spacial score (nSPS) is 17.6. The monoisotopic (exact) mass is 409 g/mol. The molecule has 2 aromatic rings. The molecule has 0 saturated carbocycles. The Labute approximate surface area is 162 Å². The number of benzene rings is 1. The fraction of sp³-hybridized carbons (Fsp3) is 0.368. The van der Waals surface area contributed by atoms with Crippen molar-refractivity contribution in [2.75, 3.05) is 23.3 Å². The van der Waals surface area contributed by atoms with Gasteiger partial charge in [0.15, 0.2) is 0 Å². The first-order valence-electron chi connectivity index (χ1n) is 8.88. The van der Waals surface area contributed by atoms with Crippen LogP contribution in [0.1, 0.15) is 18.4 Å². The van der Waals surface area contributed by atoms with Gasteiger partial charge in [0.25, 0.3) is 0 Å². The van der Waals surface area contributed by atoms with Gasteiger partial charge < -0.3 is 10.2 Å². The Kier molecular flexibility index (Phi) is 5.93. The van der Waals surface area contributed by atoms with E-state index in [-0.39, 0.29) is 18.1 Å². The third kappa shape index (κ3) is 4.30. The Morgan fingerprint density at radius 1 is 1.25 bits per heavy atom. The highest BCUT2D eigenvalue weighted by Crippen LogP contribution is 2.32. The summed E-state index contributed by atoms with van der Waals surface area (Å²) < 4.78 is 50.1. The number of alkyl halides is 2. The number of hydrogen-bond acceptors (Lipinski definition) is 5. The van der Waals surface area contributed by atoms with Crippen LogP contribution in [0.25, 0.3) is 0 Å². The number of sulfone groups is 1. The van der Waals surface area contributed by atoms with E-state index in [4.69, 9.17) is 0 Å². The summed E-state index contributed by atoms with van der Waals surface area (Å²) in [5.74, 6) is -3.69. The fourth-order valence-corrected chi connectivity index (χ4v) is 4.18. The predicted octanol–water partition coefficient (Wildman–Crippen LogP) is 3.24. The number of aromatic nitrogens is 1. The van der Waals surface area contributed by atoms with Gasteiger partial charge in [-0.1, -0.05) is 18.2 Å². The first-order chi connectivity index (χ1) is 13.3. The molecule has 9 heteroatoms. The Morgan fingerprint density at radius 3 is 2.68 bits per heavy atom. The van der Waals surface area contributed by atoms with Crippen molar-refractivity contribution in [3.63, 3.8) is 0 Å². The summed E-state index contributed by atoms with van der Waals surface area (Å²) in [7, 11) is -4.73. The highest BCUT2D eigenvalue weighted by Gasteiger charge is 2.33. The minimum atomic E-state index is -4.73. The molecule has 1 N–H and O–H groups in total. The van der Waals surface area contributed by atoms with Crippen molar-refractivity contribution >= 4 is 27.2 Å². The zero-order valence-corrected chi connectivity index (χ0v) is 16.1. The van der Waals surface area contributed by atoms with E-state index in [1.807, 2.05) is 13.0 Å². The summed E-state index contributed by atoms with van der Waals surface area (Å²) >= 11 is 0. The predicted molar refractivity (Wildman–Crippen MR) is 102 cm³/mol. The lowest BCUT2D eigenvalue weighted by atomic mass is 9.96. The molecule has 1 fully saturated rings. The van der Waals surface area contributed by atoms with Crippen LogP contribution in [0.3, 0.4) is 0 Å². The van der Waals surface area contributed by atoms with Gasteiger partial charge in [-0.25, -0.2) is 13.4 Å². The van der Waals surface area contributed by atoms with Crippen molar-refractivity contribution in [2.24, 2.45) is 5.92 Å². The smallest absolute Gasteiger partial charge is 0.341 e. The molecule has 1 aliphatic rings. The van der Waals surface area contributed by atoms with Crippen molar-refractivity contribution < 1.29 is 22.0 Å². The Morgan fingerprint density at radius 2 is 2.00 bits per heavy atom. The van der Waals surface area contributed by atoms with Gasteiger partial charge in [0, 0.05) is 19.3 Å². The van der Waals surface area contributed by atoms with E-state index >= 15 is 0 Å². The molecule has 3 rings (SSSR count). The van der Waals surface area contributed by atoms with Crippen molar-refractivity contribution in [3.05, 3.63) is 48.2 Å². The van der Waals surface area contributed by atoms with Crippen LogP contribution in [0, 0.1) is 12.8 Å². The number of para-hydroxylation sites is 1. The first-order valence-corrected chi connectivity index (χ1v) is 10.4. The Balaban J connectivity index is 1.79. The number of nitrogens with zero attached hydrogens (tertiary/aromatic N) is 2. The molecule has 6 nitrogen and oxygen atoms in total. The van der Waals surface area contributed by atoms with Gasteiger partial charge in [0.1, 0.15) is 5.82 Å². The highest BCUT2D eigenvalue weighted by molar-refractivity contribution is 7.91. The van der Waals surface area contributed by atoms with Crippen LogP contribution in [-0.4, -0.2) is 38.2 Å². The lowest BCUT2D eigenvalue weighted by molar-refractivity contribution is -0.120. The molecule has 0 radical (unpaired) electrons. The summed E-state index contributed by atoms with van der Waals surface area (Å²) in [5, 5.41) is 2.76. The second kappa shape index (κ2) is 8.22. The van der Waals surface area contributed by atoms with Crippen LogP contribution in [0.2, 0.25) is 0 Å². The van der Waals surface area contributed by atoms with Crippen LogP contribution in [-0.2, 0) is 14.6 Å². The number of piperidine rings is 1. The maximum atomic E-state index is 13.0. The van der Waals surface area contributed by atoms with Gasteiger partial charge in [-0.05, 0) is 43.5 Å². The molecule has 0 bridgehead atoms. The molecule has 1 aromatic carbocycles. The third-order valence-corrected chi connectivity index (χ3v) is 6.13. The quantitative estimate of drug-likeness (QED) is 0.820. The molecule has 2 heterocycles. The van der Waals surface area contributed by atoms with E-state index in [9.17, 15) is 22.0 Å². The average Bonchev–Trinajstić information content (AvgIpc) is 2.69. The van der Waals surface area contributed by atoms with Gasteiger partial charge in [0.05, 0.1) is 16.5 Å². The van der Waals surface area contributed by atoms with Crippen molar-refractivity contribution in [3.8, 4) is 0 Å². The van der Waals surface area contributed by atoms with Crippen LogP contribution < -0.4 is 10.2 Å². The number of rotatable bonds is 5. The molecule has 1 aliphatic heterocycles. The largest absolute Gasteiger partial charge is 0.370 e. The Hall–Kier alpha value is -2.55. The van der Waals surface area contributed by atoms with E-state index < -0.39 is 26.4 Å². The van der Waals surface area contributed by atoms with E-state index in [2.05, 4.69) is 10.3 Å². The van der Waals surface area contributed by atoms with Crippen LogP contribution in [0.5, 0.6) is 0 Å². The SMILES string of the molecule is Cc1ccc(NC(=O)C2CCCN(c3ccccc3S(=O)(=O)C(F)F)C2)nc1. The Bertz CT molecular complexity index is 949. The molecule has 0 aliphatic carbocycles. The standard InChI is InChI=1S/C19H21F2N3O3S/c1-13-8-9-17(22-11-13)23-18(25)14-5-4-10-24(12-14)15-6-2-3-7-16(15)28(26,27)19(20)21/h2-3,6-9,11,14,19H,4-5,10,12H2,1H3,(H,22,23,25). The number of anilines is 2. The van der Waals surface area contributed by atoms with Gasteiger partial charge in [-0.15, -0.1) is 0 Å². The lowest BCUT2D eigenvalue weighted by Gasteiger charge is -2.34. The number of nitrogens with one attached hydrogen (secondary N) is 1. The minimum absolute atomic E-state index is 0.203. The zero-order valence-electron chi connectivity index (χ0n) is 15.3. The number of amides is 1.